The minimum absolute atomic E-state index is 0.0441. The standard InChI is InChI=1S/C16H12FN3O2/c17-10-8-16(9-10,15-18-6-3-7-19-15)20-13(21)11-4-1-2-5-12(11)14(20)22/h1-7,10H,8-9H2. The van der Waals surface area contributed by atoms with Crippen molar-refractivity contribution in [1.29, 1.82) is 0 Å². The Kier molecular flexibility index (Phi) is 2.63. The molecule has 1 fully saturated rings. The van der Waals surface area contributed by atoms with Gasteiger partial charge in [-0.3, -0.25) is 14.5 Å². The van der Waals surface area contributed by atoms with E-state index < -0.39 is 23.5 Å². The Morgan fingerprint density at radius 2 is 1.55 bits per heavy atom. The molecule has 2 aromatic rings. The molecule has 0 unspecified atom stereocenters. The van der Waals surface area contributed by atoms with Crippen LogP contribution in [0.15, 0.2) is 42.7 Å². The zero-order valence-electron chi connectivity index (χ0n) is 11.6. The van der Waals surface area contributed by atoms with Crippen molar-refractivity contribution in [2.24, 2.45) is 0 Å². The quantitative estimate of drug-likeness (QED) is 0.796. The predicted octanol–water partition coefficient (Wildman–Crippen LogP) is 2.10. The normalized spacial score (nSPS) is 26.8. The molecule has 6 heteroatoms. The first kappa shape index (κ1) is 13.1. The van der Waals surface area contributed by atoms with Crippen LogP contribution >= 0.6 is 0 Å². The number of aromatic nitrogens is 2. The summed E-state index contributed by atoms with van der Waals surface area (Å²) in [5.41, 5.74) is -0.372. The summed E-state index contributed by atoms with van der Waals surface area (Å²) in [6, 6.07) is 8.28. The highest BCUT2D eigenvalue weighted by Crippen LogP contribution is 2.49. The fourth-order valence-electron chi connectivity index (χ4n) is 3.26. The van der Waals surface area contributed by atoms with Gasteiger partial charge in [0.05, 0.1) is 11.1 Å². The molecule has 1 aliphatic carbocycles. The van der Waals surface area contributed by atoms with E-state index in [9.17, 15) is 14.0 Å². The molecule has 0 radical (unpaired) electrons. The molecule has 1 aromatic carbocycles. The Morgan fingerprint density at radius 3 is 2.05 bits per heavy atom. The van der Waals surface area contributed by atoms with E-state index in [1.54, 1.807) is 30.3 Å². The second-order valence-corrected chi connectivity index (χ2v) is 5.60. The molecule has 0 bridgehead atoms. The van der Waals surface area contributed by atoms with E-state index in [2.05, 4.69) is 9.97 Å². The molecule has 1 saturated carbocycles. The molecule has 0 N–H and O–H groups in total. The SMILES string of the molecule is O=C1c2ccccc2C(=O)N1C1(c2ncccn2)CC(F)C1. The van der Waals surface area contributed by atoms with Crippen LogP contribution in [0.5, 0.6) is 0 Å². The van der Waals surface area contributed by atoms with Crippen molar-refractivity contribution in [2.75, 3.05) is 0 Å². The Morgan fingerprint density at radius 1 is 1.00 bits per heavy atom. The lowest BCUT2D eigenvalue weighted by Gasteiger charge is -2.47. The Hall–Kier alpha value is -2.63. The third kappa shape index (κ3) is 1.57. The lowest BCUT2D eigenvalue weighted by atomic mass is 9.73. The summed E-state index contributed by atoms with van der Waals surface area (Å²) in [5, 5.41) is 0. The summed E-state index contributed by atoms with van der Waals surface area (Å²) in [7, 11) is 0. The second kappa shape index (κ2) is 4.43. The van der Waals surface area contributed by atoms with E-state index in [4.69, 9.17) is 0 Å². The average molecular weight is 297 g/mol. The number of carbonyl (C=O) groups excluding carboxylic acids is 2. The zero-order chi connectivity index (χ0) is 15.3. The van der Waals surface area contributed by atoms with Gasteiger partial charge in [-0.05, 0) is 18.2 Å². The average Bonchev–Trinajstić information content (AvgIpc) is 2.77. The van der Waals surface area contributed by atoms with Crippen LogP contribution in [0, 0.1) is 0 Å². The lowest BCUT2D eigenvalue weighted by molar-refractivity contribution is -0.0219. The van der Waals surface area contributed by atoms with Gasteiger partial charge in [-0.2, -0.15) is 0 Å². The number of carbonyl (C=O) groups is 2. The van der Waals surface area contributed by atoms with Crippen molar-refractivity contribution in [1.82, 2.24) is 14.9 Å². The first-order valence-electron chi connectivity index (χ1n) is 7.03. The van der Waals surface area contributed by atoms with Crippen molar-refractivity contribution in [2.45, 2.75) is 24.6 Å². The summed E-state index contributed by atoms with van der Waals surface area (Å²) in [6.07, 6.45) is 2.10. The van der Waals surface area contributed by atoms with Gasteiger partial charge in [0.15, 0.2) is 5.82 Å². The van der Waals surface area contributed by atoms with E-state index in [1.165, 1.54) is 12.4 Å². The number of hydrogen-bond acceptors (Lipinski definition) is 4. The van der Waals surface area contributed by atoms with Gasteiger partial charge >= 0.3 is 0 Å². The van der Waals surface area contributed by atoms with Crippen molar-refractivity contribution in [3.63, 3.8) is 0 Å². The van der Waals surface area contributed by atoms with E-state index in [0.717, 1.165) is 4.90 Å². The van der Waals surface area contributed by atoms with Gasteiger partial charge in [-0.1, -0.05) is 12.1 Å². The van der Waals surface area contributed by atoms with Crippen LogP contribution in [-0.4, -0.2) is 32.9 Å². The van der Waals surface area contributed by atoms with Crippen molar-refractivity contribution in [3.05, 3.63) is 59.7 Å². The Labute approximate surface area is 125 Å². The number of imide groups is 1. The molecule has 0 spiro atoms. The maximum Gasteiger partial charge on any atom is 0.262 e. The molecule has 110 valence electrons. The zero-order valence-corrected chi connectivity index (χ0v) is 11.6. The Balaban J connectivity index is 1.84. The van der Waals surface area contributed by atoms with Crippen LogP contribution in [0.2, 0.25) is 0 Å². The van der Waals surface area contributed by atoms with Gasteiger partial charge in [-0.25, -0.2) is 14.4 Å². The van der Waals surface area contributed by atoms with Crippen molar-refractivity contribution >= 4 is 11.8 Å². The maximum atomic E-state index is 13.6. The molecule has 4 rings (SSSR count). The molecular weight excluding hydrogens is 285 g/mol. The summed E-state index contributed by atoms with van der Waals surface area (Å²) >= 11 is 0. The van der Waals surface area contributed by atoms with Gasteiger partial charge in [-0.15, -0.1) is 0 Å². The lowest BCUT2D eigenvalue weighted by Crippen LogP contribution is -2.58. The topological polar surface area (TPSA) is 63.2 Å². The predicted molar refractivity (Wildman–Crippen MR) is 74.8 cm³/mol. The van der Waals surface area contributed by atoms with Gasteiger partial charge in [0.1, 0.15) is 11.7 Å². The molecule has 22 heavy (non-hydrogen) atoms. The molecule has 0 saturated heterocycles. The van der Waals surface area contributed by atoms with Crippen LogP contribution in [-0.2, 0) is 5.54 Å². The van der Waals surface area contributed by atoms with Crippen LogP contribution in [0.1, 0.15) is 39.4 Å². The highest BCUT2D eigenvalue weighted by Gasteiger charge is 2.59. The van der Waals surface area contributed by atoms with E-state index in [-0.39, 0.29) is 12.8 Å². The number of fused-ring (bicyclic) bond motifs is 1. The molecule has 2 aliphatic rings. The second-order valence-electron chi connectivity index (χ2n) is 5.60. The van der Waals surface area contributed by atoms with E-state index >= 15 is 0 Å². The monoisotopic (exact) mass is 297 g/mol. The highest BCUT2D eigenvalue weighted by atomic mass is 19.1. The number of benzene rings is 1. The van der Waals surface area contributed by atoms with Crippen LogP contribution in [0.4, 0.5) is 4.39 Å². The third-order valence-corrected chi connectivity index (χ3v) is 4.32. The first-order chi connectivity index (χ1) is 10.6. The minimum atomic E-state index is -1.08. The first-order valence-corrected chi connectivity index (χ1v) is 7.03. The van der Waals surface area contributed by atoms with Crippen LogP contribution in [0.25, 0.3) is 0 Å². The Bertz CT molecular complexity index is 737. The third-order valence-electron chi connectivity index (χ3n) is 4.32. The van der Waals surface area contributed by atoms with Gasteiger partial charge < -0.3 is 0 Å². The summed E-state index contributed by atoms with van der Waals surface area (Å²) in [5.74, 6) is -0.488. The van der Waals surface area contributed by atoms with Crippen molar-refractivity contribution < 1.29 is 14.0 Å². The highest BCUT2D eigenvalue weighted by molar-refractivity contribution is 6.21. The van der Waals surface area contributed by atoms with Crippen molar-refractivity contribution in [3.8, 4) is 0 Å². The minimum Gasteiger partial charge on any atom is -0.269 e. The number of nitrogens with zero attached hydrogens (tertiary/aromatic N) is 3. The van der Waals surface area contributed by atoms with Gasteiger partial charge in [0.25, 0.3) is 11.8 Å². The number of amides is 2. The van der Waals surface area contributed by atoms with Crippen LogP contribution in [0.3, 0.4) is 0 Å². The van der Waals surface area contributed by atoms with Gasteiger partial charge in [0.2, 0.25) is 0 Å². The van der Waals surface area contributed by atoms with E-state index in [1.807, 2.05) is 0 Å². The molecule has 2 heterocycles. The largest absolute Gasteiger partial charge is 0.269 e. The smallest absolute Gasteiger partial charge is 0.262 e. The fourth-order valence-corrected chi connectivity index (χ4v) is 3.26. The number of hydrogen-bond donors (Lipinski definition) is 0. The fraction of sp³-hybridized carbons (Fsp3) is 0.250. The van der Waals surface area contributed by atoms with Crippen LogP contribution < -0.4 is 0 Å². The van der Waals surface area contributed by atoms with Gasteiger partial charge in [0, 0.05) is 25.2 Å². The summed E-state index contributed by atoms with van der Waals surface area (Å²) < 4.78 is 13.6. The van der Waals surface area contributed by atoms with E-state index in [0.29, 0.717) is 17.0 Å². The molecule has 2 amide bonds. The summed E-state index contributed by atoms with van der Waals surface area (Å²) in [6.45, 7) is 0. The molecular formula is C16H12FN3O2. The maximum absolute atomic E-state index is 13.6. The molecule has 1 aromatic heterocycles. The molecule has 1 aliphatic heterocycles. The molecule has 5 nitrogen and oxygen atoms in total. The number of rotatable bonds is 2. The number of alkyl halides is 1. The molecule has 0 atom stereocenters. The summed E-state index contributed by atoms with van der Waals surface area (Å²) in [4.78, 5) is 34.8. The number of halogens is 1.